The van der Waals surface area contributed by atoms with Gasteiger partial charge in [0.1, 0.15) is 0 Å². The molecule has 0 spiro atoms. The molecular formula is C18H14ClF2NO3. The van der Waals surface area contributed by atoms with Gasteiger partial charge in [-0.1, -0.05) is 17.7 Å². The number of fused-ring (bicyclic) bond motifs is 1. The van der Waals surface area contributed by atoms with Gasteiger partial charge in [-0.05, 0) is 48.9 Å². The fraction of sp³-hybridized carbons (Fsp3) is 0.167. The van der Waals surface area contributed by atoms with E-state index in [-0.39, 0.29) is 17.4 Å². The van der Waals surface area contributed by atoms with E-state index in [1.807, 2.05) is 0 Å². The standard InChI is InChI=1S/C18H14ClF2NO3/c1-2-24-16-8-10(3-6-15(16)25-18(20)21)7-13-12-9-11(19)4-5-14(12)22-17(13)23/h3-9,18H,2H2,1H3,(H,22,23)/b13-7+. The lowest BCUT2D eigenvalue weighted by atomic mass is 10.0. The summed E-state index contributed by atoms with van der Waals surface area (Å²) in [5, 5.41) is 3.26. The number of hydrogen-bond acceptors (Lipinski definition) is 3. The Morgan fingerprint density at radius 1 is 1.20 bits per heavy atom. The second-order valence-corrected chi connectivity index (χ2v) is 5.66. The summed E-state index contributed by atoms with van der Waals surface area (Å²) in [6, 6.07) is 9.61. The van der Waals surface area contributed by atoms with Gasteiger partial charge >= 0.3 is 6.61 Å². The molecule has 0 unspecified atom stereocenters. The summed E-state index contributed by atoms with van der Waals surface area (Å²) in [6.45, 7) is -0.920. The molecule has 3 rings (SSSR count). The molecule has 0 radical (unpaired) electrons. The first-order chi connectivity index (χ1) is 12.0. The second-order valence-electron chi connectivity index (χ2n) is 5.22. The fourth-order valence-electron chi connectivity index (χ4n) is 2.55. The Morgan fingerprint density at radius 2 is 2.00 bits per heavy atom. The number of carbonyl (C=O) groups excluding carboxylic acids is 1. The Hall–Kier alpha value is -2.60. The van der Waals surface area contributed by atoms with Gasteiger partial charge in [-0.25, -0.2) is 0 Å². The molecule has 1 N–H and O–H groups in total. The van der Waals surface area contributed by atoms with E-state index in [1.165, 1.54) is 6.07 Å². The minimum absolute atomic E-state index is 0.0571. The quantitative estimate of drug-likeness (QED) is 0.772. The molecular weight excluding hydrogens is 352 g/mol. The van der Waals surface area contributed by atoms with Crippen molar-refractivity contribution >= 4 is 34.8 Å². The monoisotopic (exact) mass is 365 g/mol. The van der Waals surface area contributed by atoms with Crippen LogP contribution in [0.1, 0.15) is 18.1 Å². The Labute approximate surface area is 148 Å². The number of alkyl halides is 2. The Morgan fingerprint density at radius 3 is 2.72 bits per heavy atom. The van der Waals surface area contributed by atoms with Crippen molar-refractivity contribution in [2.24, 2.45) is 0 Å². The maximum absolute atomic E-state index is 12.5. The van der Waals surface area contributed by atoms with Crippen molar-refractivity contribution in [3.8, 4) is 11.5 Å². The highest BCUT2D eigenvalue weighted by molar-refractivity contribution is 6.36. The Kier molecular flexibility index (Phi) is 4.90. The number of nitrogens with one attached hydrogen (secondary N) is 1. The Bertz CT molecular complexity index is 852. The largest absolute Gasteiger partial charge is 0.490 e. The second kappa shape index (κ2) is 7.11. The molecule has 0 bridgehead atoms. The van der Waals surface area contributed by atoms with E-state index < -0.39 is 6.61 Å². The summed E-state index contributed by atoms with van der Waals surface area (Å²) in [7, 11) is 0. The number of ether oxygens (including phenoxy) is 2. The average molecular weight is 366 g/mol. The summed E-state index contributed by atoms with van der Waals surface area (Å²) >= 11 is 6.00. The molecule has 130 valence electrons. The van der Waals surface area contributed by atoms with E-state index in [4.69, 9.17) is 16.3 Å². The van der Waals surface area contributed by atoms with Gasteiger partial charge < -0.3 is 14.8 Å². The molecule has 0 saturated carbocycles. The molecule has 1 aliphatic rings. The van der Waals surface area contributed by atoms with Crippen molar-refractivity contribution in [2.45, 2.75) is 13.5 Å². The van der Waals surface area contributed by atoms with Crippen molar-refractivity contribution in [3.05, 3.63) is 52.5 Å². The highest BCUT2D eigenvalue weighted by Crippen LogP contribution is 2.36. The first-order valence-electron chi connectivity index (χ1n) is 7.52. The molecule has 1 heterocycles. The molecule has 1 amide bonds. The van der Waals surface area contributed by atoms with Crippen LogP contribution in [0.4, 0.5) is 14.5 Å². The van der Waals surface area contributed by atoms with Crippen LogP contribution in [-0.4, -0.2) is 19.1 Å². The predicted octanol–water partition coefficient (Wildman–Crippen LogP) is 4.83. The number of hydrogen-bond donors (Lipinski definition) is 1. The van der Waals surface area contributed by atoms with Gasteiger partial charge in [-0.15, -0.1) is 0 Å². The first kappa shape index (κ1) is 17.2. The zero-order chi connectivity index (χ0) is 18.0. The molecule has 0 fully saturated rings. The summed E-state index contributed by atoms with van der Waals surface area (Å²) < 4.78 is 34.7. The molecule has 0 aromatic heterocycles. The smallest absolute Gasteiger partial charge is 0.387 e. The van der Waals surface area contributed by atoms with Gasteiger partial charge in [0.25, 0.3) is 5.91 Å². The molecule has 2 aromatic carbocycles. The van der Waals surface area contributed by atoms with Gasteiger partial charge in [-0.3, -0.25) is 4.79 Å². The third-order valence-corrected chi connectivity index (χ3v) is 3.79. The zero-order valence-electron chi connectivity index (χ0n) is 13.2. The molecule has 0 atom stereocenters. The zero-order valence-corrected chi connectivity index (χ0v) is 13.9. The van der Waals surface area contributed by atoms with E-state index in [0.717, 1.165) is 0 Å². The maximum atomic E-state index is 12.5. The highest BCUT2D eigenvalue weighted by atomic mass is 35.5. The van der Waals surface area contributed by atoms with E-state index in [2.05, 4.69) is 10.1 Å². The van der Waals surface area contributed by atoms with Crippen LogP contribution in [-0.2, 0) is 4.79 Å². The topological polar surface area (TPSA) is 47.6 Å². The van der Waals surface area contributed by atoms with Crippen LogP contribution in [0.3, 0.4) is 0 Å². The third kappa shape index (κ3) is 3.74. The molecule has 0 saturated heterocycles. The summed E-state index contributed by atoms with van der Waals surface area (Å²) in [5.74, 6) is -0.136. The number of amides is 1. The van der Waals surface area contributed by atoms with Crippen LogP contribution in [0, 0.1) is 0 Å². The van der Waals surface area contributed by atoms with E-state index in [9.17, 15) is 13.6 Å². The molecule has 25 heavy (non-hydrogen) atoms. The van der Waals surface area contributed by atoms with E-state index in [0.29, 0.717) is 34.0 Å². The summed E-state index contributed by atoms with van der Waals surface area (Å²) in [6.07, 6.45) is 1.65. The van der Waals surface area contributed by atoms with Crippen molar-refractivity contribution in [3.63, 3.8) is 0 Å². The SMILES string of the molecule is CCOc1cc(/C=C2/C(=O)Nc3ccc(Cl)cc32)ccc1OC(F)F. The molecule has 0 aliphatic carbocycles. The van der Waals surface area contributed by atoms with Crippen molar-refractivity contribution in [1.82, 2.24) is 0 Å². The van der Waals surface area contributed by atoms with Crippen LogP contribution < -0.4 is 14.8 Å². The number of halogens is 3. The average Bonchev–Trinajstić information content (AvgIpc) is 2.85. The van der Waals surface area contributed by atoms with Gasteiger partial charge in [-0.2, -0.15) is 8.78 Å². The summed E-state index contributed by atoms with van der Waals surface area (Å²) in [4.78, 5) is 12.2. The number of anilines is 1. The minimum atomic E-state index is -2.95. The molecule has 7 heteroatoms. The lowest BCUT2D eigenvalue weighted by Crippen LogP contribution is -2.05. The molecule has 2 aromatic rings. The van der Waals surface area contributed by atoms with Crippen molar-refractivity contribution in [1.29, 1.82) is 0 Å². The lowest BCUT2D eigenvalue weighted by Gasteiger charge is -2.12. The highest BCUT2D eigenvalue weighted by Gasteiger charge is 2.24. The number of carbonyl (C=O) groups is 1. The van der Waals surface area contributed by atoms with Gasteiger partial charge in [0.2, 0.25) is 0 Å². The van der Waals surface area contributed by atoms with Gasteiger partial charge in [0.15, 0.2) is 11.5 Å². The lowest BCUT2D eigenvalue weighted by molar-refractivity contribution is -0.110. The summed E-state index contributed by atoms with van der Waals surface area (Å²) in [5.41, 5.74) is 2.40. The van der Waals surface area contributed by atoms with Crippen LogP contribution in [0.5, 0.6) is 11.5 Å². The number of rotatable bonds is 5. The van der Waals surface area contributed by atoms with Crippen LogP contribution in [0.2, 0.25) is 5.02 Å². The number of benzene rings is 2. The van der Waals surface area contributed by atoms with Crippen molar-refractivity contribution < 1.29 is 23.0 Å². The fourth-order valence-corrected chi connectivity index (χ4v) is 2.72. The first-order valence-corrected chi connectivity index (χ1v) is 7.90. The third-order valence-electron chi connectivity index (χ3n) is 3.56. The van der Waals surface area contributed by atoms with E-state index >= 15 is 0 Å². The van der Waals surface area contributed by atoms with Crippen LogP contribution >= 0.6 is 11.6 Å². The Balaban J connectivity index is 2.00. The van der Waals surface area contributed by atoms with Crippen LogP contribution in [0.15, 0.2) is 36.4 Å². The van der Waals surface area contributed by atoms with Gasteiger partial charge in [0.05, 0.1) is 6.61 Å². The molecule has 4 nitrogen and oxygen atoms in total. The predicted molar refractivity (Wildman–Crippen MR) is 92.2 cm³/mol. The van der Waals surface area contributed by atoms with Gasteiger partial charge in [0, 0.05) is 21.8 Å². The van der Waals surface area contributed by atoms with Crippen molar-refractivity contribution in [2.75, 3.05) is 11.9 Å². The van der Waals surface area contributed by atoms with E-state index in [1.54, 1.807) is 43.3 Å². The minimum Gasteiger partial charge on any atom is -0.490 e. The molecule has 1 aliphatic heterocycles. The maximum Gasteiger partial charge on any atom is 0.387 e. The normalized spacial score (nSPS) is 14.6. The van der Waals surface area contributed by atoms with Crippen LogP contribution in [0.25, 0.3) is 11.6 Å².